The van der Waals surface area contributed by atoms with E-state index in [4.69, 9.17) is 0 Å². The lowest BCUT2D eigenvalue weighted by Gasteiger charge is -2.43. The van der Waals surface area contributed by atoms with Crippen LogP contribution in [0.15, 0.2) is 6.33 Å². The summed E-state index contributed by atoms with van der Waals surface area (Å²) in [4.78, 5) is 36.7. The predicted molar refractivity (Wildman–Crippen MR) is 123 cm³/mol. The van der Waals surface area contributed by atoms with E-state index in [2.05, 4.69) is 22.2 Å². The molecular weight excluding hydrogens is 434 g/mol. The number of β-amino-alcohol motifs (C(OH)–C–C–N with tert-alkyl or cyclic N) is 1. The highest BCUT2D eigenvalue weighted by atomic mass is 16.3. The first kappa shape index (κ1) is 22.2. The molecule has 5 unspecified atom stereocenters. The summed E-state index contributed by atoms with van der Waals surface area (Å²) in [5.41, 5.74) is 2.39. The van der Waals surface area contributed by atoms with Gasteiger partial charge in [0.15, 0.2) is 0 Å². The molecular formula is C25H35N5O4. The molecule has 2 bridgehead atoms. The second kappa shape index (κ2) is 7.88. The molecule has 184 valence electrons. The van der Waals surface area contributed by atoms with Gasteiger partial charge in [0.25, 0.3) is 0 Å². The van der Waals surface area contributed by atoms with Gasteiger partial charge in [0.1, 0.15) is 12.1 Å². The number of carbonyl (C=O) groups excluding carboxylic acids is 2. The van der Waals surface area contributed by atoms with Gasteiger partial charge in [-0.2, -0.15) is 0 Å². The molecule has 9 heteroatoms. The van der Waals surface area contributed by atoms with Crippen molar-refractivity contribution in [2.45, 2.75) is 70.6 Å². The zero-order valence-corrected chi connectivity index (χ0v) is 19.9. The molecule has 3 heterocycles. The summed E-state index contributed by atoms with van der Waals surface area (Å²) in [7, 11) is 0. The van der Waals surface area contributed by atoms with Gasteiger partial charge in [0.2, 0.25) is 11.8 Å². The zero-order chi connectivity index (χ0) is 23.7. The van der Waals surface area contributed by atoms with Gasteiger partial charge in [-0.05, 0) is 61.2 Å². The van der Waals surface area contributed by atoms with Crippen LogP contribution in [0.3, 0.4) is 0 Å². The van der Waals surface area contributed by atoms with Gasteiger partial charge in [-0.15, -0.1) is 0 Å². The number of hydrogen-bond donors (Lipinski definition) is 3. The molecule has 6 atom stereocenters. The highest BCUT2D eigenvalue weighted by molar-refractivity contribution is 5.86. The monoisotopic (exact) mass is 469 g/mol. The van der Waals surface area contributed by atoms with Crippen LogP contribution in [0, 0.1) is 22.7 Å². The minimum absolute atomic E-state index is 0.00337. The van der Waals surface area contributed by atoms with Crippen molar-refractivity contribution in [3.05, 3.63) is 17.6 Å². The van der Waals surface area contributed by atoms with Crippen LogP contribution < -0.4 is 5.32 Å². The minimum atomic E-state index is -0.684. The van der Waals surface area contributed by atoms with Crippen molar-refractivity contribution < 1.29 is 19.8 Å². The molecule has 34 heavy (non-hydrogen) atoms. The van der Waals surface area contributed by atoms with E-state index in [0.717, 1.165) is 35.8 Å². The molecule has 3 N–H and O–H groups in total. The third kappa shape index (κ3) is 3.68. The maximum absolute atomic E-state index is 12.8. The van der Waals surface area contributed by atoms with E-state index in [9.17, 15) is 19.8 Å². The summed E-state index contributed by atoms with van der Waals surface area (Å²) in [5, 5.41) is 24.3. The molecule has 1 aromatic rings. The topological polar surface area (TPSA) is 119 Å². The largest absolute Gasteiger partial charge is 0.391 e. The minimum Gasteiger partial charge on any atom is -0.391 e. The van der Waals surface area contributed by atoms with E-state index in [1.165, 1.54) is 30.5 Å². The summed E-state index contributed by atoms with van der Waals surface area (Å²) in [6, 6.07) is 0. The first-order valence-electron chi connectivity index (χ1n) is 12.8. The number of aliphatic hydroxyl groups is 2. The van der Waals surface area contributed by atoms with Crippen molar-refractivity contribution in [3.8, 4) is 0 Å². The quantitative estimate of drug-likeness (QED) is 0.567. The molecule has 2 aliphatic heterocycles. The Kier molecular flexibility index (Phi) is 5.15. The molecule has 4 fully saturated rings. The summed E-state index contributed by atoms with van der Waals surface area (Å²) < 4.78 is 0. The van der Waals surface area contributed by atoms with Crippen LogP contribution >= 0.6 is 0 Å². The van der Waals surface area contributed by atoms with Gasteiger partial charge >= 0.3 is 0 Å². The van der Waals surface area contributed by atoms with Crippen LogP contribution in [-0.4, -0.2) is 80.2 Å². The smallest absolute Gasteiger partial charge is 0.242 e. The lowest BCUT2D eigenvalue weighted by Crippen LogP contribution is -2.44. The summed E-state index contributed by atoms with van der Waals surface area (Å²) in [6.45, 7) is 3.95. The maximum atomic E-state index is 12.8. The van der Waals surface area contributed by atoms with Crippen LogP contribution in [0.5, 0.6) is 0 Å². The van der Waals surface area contributed by atoms with E-state index in [1.54, 1.807) is 4.90 Å². The van der Waals surface area contributed by atoms with Crippen LogP contribution in [0.25, 0.3) is 0 Å². The number of hydrogen-bond acceptors (Lipinski definition) is 7. The third-order valence-corrected chi connectivity index (χ3v) is 9.28. The summed E-state index contributed by atoms with van der Waals surface area (Å²) in [6.07, 6.45) is 7.31. The highest BCUT2D eigenvalue weighted by Gasteiger charge is 2.68. The van der Waals surface area contributed by atoms with Crippen LogP contribution in [0.2, 0.25) is 0 Å². The molecule has 0 radical (unpaired) electrons. The lowest BCUT2D eigenvalue weighted by molar-refractivity contribution is -0.139. The Morgan fingerprint density at radius 1 is 1.29 bits per heavy atom. The van der Waals surface area contributed by atoms with E-state index < -0.39 is 6.10 Å². The van der Waals surface area contributed by atoms with Crippen molar-refractivity contribution in [3.63, 3.8) is 0 Å². The Bertz CT molecular complexity index is 1020. The Morgan fingerprint density at radius 2 is 2.15 bits per heavy atom. The number of fused-ring (bicyclic) bond motifs is 2. The normalized spacial score (nSPS) is 36.8. The van der Waals surface area contributed by atoms with Gasteiger partial charge in [0, 0.05) is 25.2 Å². The number of aliphatic hydroxyl groups excluding tert-OH is 2. The average Bonchev–Trinajstić information content (AvgIpc) is 3.20. The van der Waals surface area contributed by atoms with Gasteiger partial charge < -0.3 is 25.3 Å². The number of rotatable bonds is 6. The molecule has 3 saturated carbocycles. The number of anilines is 1. The molecule has 1 spiro atoms. The fourth-order valence-corrected chi connectivity index (χ4v) is 7.83. The van der Waals surface area contributed by atoms with Crippen molar-refractivity contribution in [1.82, 2.24) is 19.8 Å². The summed E-state index contributed by atoms with van der Waals surface area (Å²) in [5.74, 6) is 1.96. The molecule has 0 aromatic carbocycles. The van der Waals surface area contributed by atoms with Crippen LogP contribution in [-0.2, 0) is 22.6 Å². The fraction of sp³-hybridized carbons (Fsp3) is 0.760. The van der Waals surface area contributed by atoms with Gasteiger partial charge in [-0.1, -0.05) is 6.92 Å². The Morgan fingerprint density at radius 3 is 2.94 bits per heavy atom. The molecule has 9 nitrogen and oxygen atoms in total. The first-order valence-corrected chi connectivity index (χ1v) is 12.8. The Hall–Kier alpha value is -2.26. The number of aromatic nitrogens is 2. The summed E-state index contributed by atoms with van der Waals surface area (Å²) >= 11 is 0. The second-order valence-electron chi connectivity index (χ2n) is 11.8. The average molecular weight is 470 g/mol. The van der Waals surface area contributed by atoms with Crippen molar-refractivity contribution >= 4 is 17.6 Å². The van der Waals surface area contributed by atoms with Crippen LogP contribution in [0.4, 0.5) is 5.82 Å². The van der Waals surface area contributed by atoms with Crippen molar-refractivity contribution in [2.24, 2.45) is 22.7 Å². The van der Waals surface area contributed by atoms with Gasteiger partial charge in [-0.3, -0.25) is 9.59 Å². The van der Waals surface area contributed by atoms with E-state index in [-0.39, 0.29) is 42.8 Å². The van der Waals surface area contributed by atoms with Crippen molar-refractivity contribution in [1.29, 1.82) is 0 Å². The third-order valence-electron chi connectivity index (χ3n) is 9.28. The molecule has 1 aromatic heterocycles. The second-order valence-corrected chi connectivity index (χ2v) is 11.8. The van der Waals surface area contributed by atoms with E-state index >= 15 is 0 Å². The number of nitrogens with zero attached hydrogens (tertiary/aromatic N) is 4. The molecule has 3 aliphatic carbocycles. The molecule has 2 amide bonds. The number of amides is 2. The Labute approximate surface area is 199 Å². The lowest BCUT2D eigenvalue weighted by atomic mass is 9.64. The van der Waals surface area contributed by atoms with Gasteiger partial charge in [-0.25, -0.2) is 9.97 Å². The SMILES string of the molecule is CC1CC2(C(O)CNc3ncnc4c3CCN(C(=O)CN3C[C@H](O)CC3=O)C4)CC3CC3(C1)C2. The Balaban J connectivity index is 1.09. The fourth-order valence-electron chi connectivity index (χ4n) is 7.83. The van der Waals surface area contributed by atoms with E-state index in [1.807, 2.05) is 0 Å². The highest BCUT2D eigenvalue weighted by Crippen LogP contribution is 2.76. The van der Waals surface area contributed by atoms with Crippen molar-refractivity contribution in [2.75, 3.05) is 31.5 Å². The first-order chi connectivity index (χ1) is 16.3. The maximum Gasteiger partial charge on any atom is 0.242 e. The number of carbonyl (C=O) groups is 2. The molecule has 5 aliphatic rings. The number of likely N-dealkylation sites (tertiary alicyclic amines) is 1. The van der Waals surface area contributed by atoms with E-state index in [0.29, 0.717) is 37.4 Å². The van der Waals surface area contributed by atoms with Crippen LogP contribution in [0.1, 0.15) is 56.7 Å². The number of nitrogens with one attached hydrogen (secondary N) is 1. The zero-order valence-electron chi connectivity index (χ0n) is 19.9. The predicted octanol–water partition coefficient (Wildman–Crippen LogP) is 0.944. The molecule has 1 saturated heterocycles. The standard InChI is InChI=1S/C25H35N5O4/c1-15-5-24-7-16(24)8-25(6-15,13-24)20(32)9-26-23-18-2-3-29(11-19(18)27-14-28-23)22(34)12-30-10-17(31)4-21(30)33/h14-17,20,31-32H,2-13H2,1H3,(H,26,27,28)/t15?,16?,17-,20?,24?,25?/m1/s1. The molecule has 6 rings (SSSR count). The van der Waals surface area contributed by atoms with Gasteiger partial charge in [0.05, 0.1) is 37.4 Å².